The zero-order valence-electron chi connectivity index (χ0n) is 10.9. The van der Waals surface area contributed by atoms with E-state index in [0.29, 0.717) is 0 Å². The third-order valence-electron chi connectivity index (χ3n) is 2.80. The van der Waals surface area contributed by atoms with Crippen LogP contribution in [0.3, 0.4) is 0 Å². The fourth-order valence-corrected chi connectivity index (χ4v) is 2.48. The van der Waals surface area contributed by atoms with E-state index in [1.165, 1.54) is 0 Å². The molecule has 0 amide bonds. The predicted octanol–water partition coefficient (Wildman–Crippen LogP) is 1.71. The quantitative estimate of drug-likeness (QED) is 0.273. The van der Waals surface area contributed by atoms with Crippen LogP contribution in [-0.2, 0) is 9.84 Å². The van der Waals surface area contributed by atoms with Gasteiger partial charge in [0.25, 0.3) is 0 Å². The lowest BCUT2D eigenvalue weighted by atomic mass is 10.0. The van der Waals surface area contributed by atoms with Gasteiger partial charge < -0.3 is 0 Å². The standard InChI is InChI=1S/C11H13F5N2O2S/c1-21(19,20)4-2-3-5(18-17)6-7(12)9(14)11(16)10(15)8(6)13/h5,18H,2-4,17H2,1H3. The molecule has 0 saturated carbocycles. The van der Waals surface area contributed by atoms with Gasteiger partial charge >= 0.3 is 0 Å². The van der Waals surface area contributed by atoms with Gasteiger partial charge in [0.2, 0.25) is 5.82 Å². The average molecular weight is 332 g/mol. The Hall–Kier alpha value is -1.26. The monoisotopic (exact) mass is 332 g/mol. The summed E-state index contributed by atoms with van der Waals surface area (Å²) in [7, 11) is -3.32. The first kappa shape index (κ1) is 17.8. The molecule has 10 heteroatoms. The Bertz CT molecular complexity index is 607. The third-order valence-corrected chi connectivity index (χ3v) is 3.83. The maximum atomic E-state index is 13.6. The summed E-state index contributed by atoms with van der Waals surface area (Å²) >= 11 is 0. The van der Waals surface area contributed by atoms with Crippen LogP contribution in [0.1, 0.15) is 24.4 Å². The highest BCUT2D eigenvalue weighted by Gasteiger charge is 2.29. The number of benzene rings is 1. The highest BCUT2D eigenvalue weighted by molar-refractivity contribution is 7.90. The molecule has 4 nitrogen and oxygen atoms in total. The molecule has 0 aliphatic heterocycles. The molecule has 0 heterocycles. The zero-order valence-corrected chi connectivity index (χ0v) is 11.7. The summed E-state index contributed by atoms with van der Waals surface area (Å²) in [5.41, 5.74) is 0.821. The van der Waals surface area contributed by atoms with Crippen molar-refractivity contribution in [2.24, 2.45) is 5.84 Å². The first-order valence-electron chi connectivity index (χ1n) is 5.75. The molecule has 0 aliphatic rings. The molecule has 1 aromatic rings. The minimum absolute atomic E-state index is 0.0623. The number of hydrogen-bond acceptors (Lipinski definition) is 4. The second-order valence-corrected chi connectivity index (χ2v) is 6.73. The molecular formula is C11H13F5N2O2S. The number of rotatable bonds is 6. The molecule has 0 fully saturated rings. The molecule has 0 aliphatic carbocycles. The summed E-state index contributed by atoms with van der Waals surface area (Å²) in [6, 6.07) is -1.41. The van der Waals surface area contributed by atoms with Crippen molar-refractivity contribution in [3.05, 3.63) is 34.6 Å². The van der Waals surface area contributed by atoms with Gasteiger partial charge in [-0.1, -0.05) is 0 Å². The summed E-state index contributed by atoms with van der Waals surface area (Å²) in [6.07, 6.45) is 0.672. The summed E-state index contributed by atoms with van der Waals surface area (Å²) in [5.74, 6) is -5.65. The van der Waals surface area contributed by atoms with Crippen LogP contribution < -0.4 is 11.3 Å². The second kappa shape index (κ2) is 6.67. The number of halogens is 5. The Balaban J connectivity index is 3.12. The van der Waals surface area contributed by atoms with Gasteiger partial charge in [-0.15, -0.1) is 0 Å². The van der Waals surface area contributed by atoms with E-state index in [2.05, 4.69) is 0 Å². The van der Waals surface area contributed by atoms with Gasteiger partial charge in [-0.05, 0) is 12.8 Å². The Kier molecular flexibility index (Phi) is 5.65. The van der Waals surface area contributed by atoms with Crippen LogP contribution in [0.2, 0.25) is 0 Å². The van der Waals surface area contributed by atoms with E-state index in [-0.39, 0.29) is 18.6 Å². The van der Waals surface area contributed by atoms with E-state index in [4.69, 9.17) is 5.84 Å². The summed E-state index contributed by atoms with van der Waals surface area (Å²) in [5, 5.41) is 0. The van der Waals surface area contributed by atoms with Crippen LogP contribution in [0.4, 0.5) is 22.0 Å². The molecule has 1 rings (SSSR count). The van der Waals surface area contributed by atoms with E-state index in [9.17, 15) is 30.4 Å². The van der Waals surface area contributed by atoms with E-state index in [1.54, 1.807) is 0 Å². The first-order chi connectivity index (χ1) is 9.60. The van der Waals surface area contributed by atoms with E-state index in [0.717, 1.165) is 6.26 Å². The van der Waals surface area contributed by atoms with Crippen LogP contribution in [0, 0.1) is 29.1 Å². The lowest BCUT2D eigenvalue weighted by molar-refractivity contribution is 0.352. The molecule has 0 saturated heterocycles. The zero-order chi connectivity index (χ0) is 16.4. The molecular weight excluding hydrogens is 319 g/mol. The van der Waals surface area contributed by atoms with Crippen molar-refractivity contribution < 1.29 is 30.4 Å². The Morgan fingerprint density at radius 1 is 1.00 bits per heavy atom. The number of nitrogens with one attached hydrogen (secondary N) is 1. The number of nitrogens with two attached hydrogens (primary N) is 1. The molecule has 0 bridgehead atoms. The summed E-state index contributed by atoms with van der Waals surface area (Å²) < 4.78 is 88.1. The lowest BCUT2D eigenvalue weighted by Gasteiger charge is -2.18. The predicted molar refractivity (Wildman–Crippen MR) is 65.2 cm³/mol. The molecule has 0 aromatic heterocycles. The first-order valence-corrected chi connectivity index (χ1v) is 7.81. The van der Waals surface area contributed by atoms with Crippen LogP contribution in [0.15, 0.2) is 0 Å². The molecule has 0 radical (unpaired) electrons. The maximum absolute atomic E-state index is 13.6. The molecule has 1 atom stereocenters. The SMILES string of the molecule is CS(=O)(=O)CCCC(NN)c1c(F)c(F)c(F)c(F)c1F. The molecule has 1 aromatic carbocycles. The van der Waals surface area contributed by atoms with Gasteiger partial charge in [-0.2, -0.15) is 0 Å². The molecule has 120 valence electrons. The lowest BCUT2D eigenvalue weighted by Crippen LogP contribution is -2.31. The number of hydrazine groups is 1. The third kappa shape index (κ3) is 4.11. The van der Waals surface area contributed by atoms with Crippen molar-refractivity contribution >= 4 is 9.84 Å². The maximum Gasteiger partial charge on any atom is 0.200 e. The van der Waals surface area contributed by atoms with Crippen molar-refractivity contribution in [1.82, 2.24) is 5.43 Å². The Labute approximate surface area is 118 Å². The topological polar surface area (TPSA) is 72.2 Å². The van der Waals surface area contributed by atoms with E-state index >= 15 is 0 Å². The average Bonchev–Trinajstić information content (AvgIpc) is 2.40. The van der Waals surface area contributed by atoms with Gasteiger partial charge in [-0.3, -0.25) is 11.3 Å². The van der Waals surface area contributed by atoms with Gasteiger partial charge in [0, 0.05) is 17.6 Å². The van der Waals surface area contributed by atoms with Gasteiger partial charge in [0.1, 0.15) is 9.84 Å². The van der Waals surface area contributed by atoms with Crippen LogP contribution in [-0.4, -0.2) is 20.4 Å². The van der Waals surface area contributed by atoms with Crippen LogP contribution >= 0.6 is 0 Å². The van der Waals surface area contributed by atoms with Gasteiger partial charge in [0.05, 0.1) is 6.04 Å². The second-order valence-electron chi connectivity index (χ2n) is 4.47. The summed E-state index contributed by atoms with van der Waals surface area (Å²) in [6.45, 7) is 0. The minimum atomic E-state index is -3.32. The van der Waals surface area contributed by atoms with Crippen molar-refractivity contribution in [3.63, 3.8) is 0 Å². The van der Waals surface area contributed by atoms with Crippen LogP contribution in [0.5, 0.6) is 0 Å². The van der Waals surface area contributed by atoms with Gasteiger partial charge in [-0.25, -0.2) is 30.4 Å². The fraction of sp³-hybridized carbons (Fsp3) is 0.455. The van der Waals surface area contributed by atoms with Crippen LogP contribution in [0.25, 0.3) is 0 Å². The number of hydrogen-bond donors (Lipinski definition) is 2. The Morgan fingerprint density at radius 3 is 1.81 bits per heavy atom. The highest BCUT2D eigenvalue weighted by Crippen LogP contribution is 2.29. The Morgan fingerprint density at radius 2 is 1.43 bits per heavy atom. The molecule has 21 heavy (non-hydrogen) atoms. The van der Waals surface area contributed by atoms with Crippen molar-refractivity contribution in [2.75, 3.05) is 12.0 Å². The molecule has 3 N–H and O–H groups in total. The van der Waals surface area contributed by atoms with E-state index in [1.807, 2.05) is 5.43 Å². The smallest absolute Gasteiger partial charge is 0.200 e. The molecule has 0 spiro atoms. The minimum Gasteiger partial charge on any atom is -0.271 e. The van der Waals surface area contributed by atoms with Crippen molar-refractivity contribution in [2.45, 2.75) is 18.9 Å². The van der Waals surface area contributed by atoms with Crippen molar-refractivity contribution in [3.8, 4) is 0 Å². The van der Waals surface area contributed by atoms with Gasteiger partial charge in [0.15, 0.2) is 23.3 Å². The van der Waals surface area contributed by atoms with Crippen molar-refractivity contribution in [1.29, 1.82) is 0 Å². The number of sulfone groups is 1. The summed E-state index contributed by atoms with van der Waals surface area (Å²) in [4.78, 5) is 0. The normalized spacial score (nSPS) is 13.5. The molecule has 1 unspecified atom stereocenters. The largest absolute Gasteiger partial charge is 0.271 e. The highest BCUT2D eigenvalue weighted by atomic mass is 32.2. The fourth-order valence-electron chi connectivity index (χ4n) is 1.79. The van der Waals surface area contributed by atoms with E-state index < -0.39 is 50.5 Å².